The van der Waals surface area contributed by atoms with Crippen LogP contribution >= 0.6 is 11.3 Å². The Morgan fingerprint density at radius 3 is 2.19 bits per heavy atom. The Hall–Kier alpha value is -4.67. The minimum Gasteiger partial charge on any atom is -0.254 e. The summed E-state index contributed by atoms with van der Waals surface area (Å²) in [5.41, 5.74) is 8.40. The molecule has 4 heteroatoms. The van der Waals surface area contributed by atoms with Gasteiger partial charge < -0.3 is 0 Å². The van der Waals surface area contributed by atoms with Gasteiger partial charge in [0.1, 0.15) is 0 Å². The maximum absolute atomic E-state index is 5.00. The van der Waals surface area contributed by atoms with Gasteiger partial charge in [0.25, 0.3) is 0 Å². The summed E-state index contributed by atoms with van der Waals surface area (Å²) >= 11 is 1.81. The zero-order chi connectivity index (χ0) is 24.3. The van der Waals surface area contributed by atoms with E-state index in [-0.39, 0.29) is 0 Å². The number of pyridine rings is 3. The number of fused-ring (bicyclic) bond motifs is 7. The van der Waals surface area contributed by atoms with E-state index in [9.17, 15) is 0 Å². The topological polar surface area (TPSA) is 38.7 Å². The normalized spacial score (nSPS) is 11.8. The van der Waals surface area contributed by atoms with Crippen LogP contribution in [0.25, 0.3) is 75.4 Å². The van der Waals surface area contributed by atoms with Crippen molar-refractivity contribution in [3.05, 3.63) is 115 Å². The van der Waals surface area contributed by atoms with Gasteiger partial charge in [-0.15, -0.1) is 11.3 Å². The van der Waals surface area contributed by atoms with E-state index in [4.69, 9.17) is 9.97 Å². The van der Waals surface area contributed by atoms with E-state index in [1.165, 1.54) is 25.9 Å². The Kier molecular flexibility index (Phi) is 4.39. The van der Waals surface area contributed by atoms with Crippen molar-refractivity contribution in [1.29, 1.82) is 0 Å². The Labute approximate surface area is 216 Å². The first-order chi connectivity index (χ1) is 18.3. The molecule has 0 amide bonds. The molecule has 4 aromatic carbocycles. The van der Waals surface area contributed by atoms with E-state index in [1.807, 2.05) is 12.3 Å². The van der Waals surface area contributed by atoms with Crippen LogP contribution in [0.4, 0.5) is 0 Å². The van der Waals surface area contributed by atoms with E-state index in [0.29, 0.717) is 0 Å². The molecule has 8 aromatic rings. The predicted molar refractivity (Wildman–Crippen MR) is 156 cm³/mol. The zero-order valence-electron chi connectivity index (χ0n) is 19.7. The third kappa shape index (κ3) is 3.30. The lowest BCUT2D eigenvalue weighted by Gasteiger charge is -2.08. The highest BCUT2D eigenvalue weighted by molar-refractivity contribution is 7.25. The van der Waals surface area contributed by atoms with Crippen molar-refractivity contribution in [2.24, 2.45) is 0 Å². The summed E-state index contributed by atoms with van der Waals surface area (Å²) in [7, 11) is 0. The van der Waals surface area contributed by atoms with Gasteiger partial charge in [0.2, 0.25) is 0 Å². The summed E-state index contributed by atoms with van der Waals surface area (Å²) in [6.45, 7) is 0. The summed E-state index contributed by atoms with van der Waals surface area (Å²) in [6, 6.07) is 38.4. The number of thiophene rings is 1. The molecular weight excluding hydrogens is 470 g/mol. The molecule has 0 spiro atoms. The predicted octanol–water partition coefficient (Wildman–Crippen LogP) is 9.03. The molecule has 0 N–H and O–H groups in total. The second-order valence-electron chi connectivity index (χ2n) is 9.33. The van der Waals surface area contributed by atoms with Crippen molar-refractivity contribution in [3.8, 4) is 22.4 Å². The smallest absolute Gasteiger partial charge is 0.0972 e. The molecule has 172 valence electrons. The lowest BCUT2D eigenvalue weighted by molar-refractivity contribution is 1.37. The van der Waals surface area contributed by atoms with E-state index in [2.05, 4.69) is 108 Å². The third-order valence-electron chi connectivity index (χ3n) is 7.09. The third-order valence-corrected chi connectivity index (χ3v) is 8.20. The molecule has 0 radical (unpaired) electrons. The Bertz CT molecular complexity index is 2140. The molecule has 0 saturated heterocycles. The van der Waals surface area contributed by atoms with E-state index in [1.54, 1.807) is 11.3 Å². The van der Waals surface area contributed by atoms with Gasteiger partial charge >= 0.3 is 0 Å². The van der Waals surface area contributed by atoms with Crippen molar-refractivity contribution in [3.63, 3.8) is 0 Å². The second-order valence-corrected chi connectivity index (χ2v) is 10.4. The van der Waals surface area contributed by atoms with E-state index < -0.39 is 0 Å². The fraction of sp³-hybridized carbons (Fsp3) is 0. The van der Waals surface area contributed by atoms with Crippen molar-refractivity contribution >= 4 is 64.3 Å². The van der Waals surface area contributed by atoms with Crippen molar-refractivity contribution in [2.45, 2.75) is 0 Å². The summed E-state index contributed by atoms with van der Waals surface area (Å²) in [6.07, 6.45) is 1.83. The molecule has 0 saturated carbocycles. The number of hydrogen-bond acceptors (Lipinski definition) is 4. The monoisotopic (exact) mass is 489 g/mol. The van der Waals surface area contributed by atoms with Crippen LogP contribution in [0.1, 0.15) is 0 Å². The summed E-state index contributed by atoms with van der Waals surface area (Å²) in [5, 5.41) is 4.60. The standard InChI is InChI=1S/C33H19N3S/c1-2-6-29-26(5-1)33-30(37-29)19-25-18-24(14-16-28(25)36-33)20-7-9-21(10-8-20)27-15-13-23-12-11-22-4-3-17-34-31(22)32(23)35-27/h1-19H. The van der Waals surface area contributed by atoms with Crippen LogP contribution < -0.4 is 0 Å². The van der Waals surface area contributed by atoms with E-state index in [0.717, 1.165) is 49.5 Å². The highest BCUT2D eigenvalue weighted by atomic mass is 32.1. The largest absolute Gasteiger partial charge is 0.254 e. The highest BCUT2D eigenvalue weighted by Gasteiger charge is 2.10. The Morgan fingerprint density at radius 1 is 0.486 bits per heavy atom. The van der Waals surface area contributed by atoms with Crippen LogP contribution in [-0.2, 0) is 0 Å². The lowest BCUT2D eigenvalue weighted by atomic mass is 10.0. The summed E-state index contributed by atoms with van der Waals surface area (Å²) in [5.74, 6) is 0. The zero-order valence-corrected chi connectivity index (χ0v) is 20.5. The second kappa shape index (κ2) is 7.92. The fourth-order valence-corrected chi connectivity index (χ4v) is 6.29. The molecule has 37 heavy (non-hydrogen) atoms. The molecule has 4 aromatic heterocycles. The van der Waals surface area contributed by atoms with Crippen molar-refractivity contribution in [1.82, 2.24) is 15.0 Å². The highest BCUT2D eigenvalue weighted by Crippen LogP contribution is 2.35. The molecular formula is C33H19N3S. The average Bonchev–Trinajstić information content (AvgIpc) is 3.33. The quantitative estimate of drug-likeness (QED) is 0.227. The number of aromatic nitrogens is 3. The number of nitrogens with zero attached hydrogens (tertiary/aromatic N) is 3. The van der Waals surface area contributed by atoms with Gasteiger partial charge in [-0.2, -0.15) is 0 Å². The van der Waals surface area contributed by atoms with Gasteiger partial charge in [-0.3, -0.25) is 4.98 Å². The fourth-order valence-electron chi connectivity index (χ4n) is 5.20. The SMILES string of the molecule is c1cnc2c(c1)ccc1ccc(-c3ccc(-c4ccc5nc6c(cc5c4)sc4ccccc46)cc3)nc12. The number of rotatable bonds is 2. The Morgan fingerprint density at radius 2 is 1.27 bits per heavy atom. The molecule has 0 bridgehead atoms. The van der Waals surface area contributed by atoms with Crippen LogP contribution in [0.15, 0.2) is 115 Å². The van der Waals surface area contributed by atoms with E-state index >= 15 is 0 Å². The van der Waals surface area contributed by atoms with Crippen LogP contribution in [0, 0.1) is 0 Å². The molecule has 0 aliphatic carbocycles. The van der Waals surface area contributed by atoms with Gasteiger partial charge in [0.15, 0.2) is 0 Å². The molecule has 0 atom stereocenters. The van der Waals surface area contributed by atoms with Gasteiger partial charge in [0.05, 0.1) is 32.5 Å². The first-order valence-electron chi connectivity index (χ1n) is 12.3. The maximum atomic E-state index is 5.00. The molecule has 0 aliphatic rings. The average molecular weight is 490 g/mol. The molecule has 4 heterocycles. The lowest BCUT2D eigenvalue weighted by Crippen LogP contribution is -1.89. The molecule has 3 nitrogen and oxygen atoms in total. The number of benzene rings is 4. The summed E-state index contributed by atoms with van der Waals surface area (Å²) < 4.78 is 2.51. The molecule has 0 fully saturated rings. The Balaban J connectivity index is 1.19. The van der Waals surface area contributed by atoms with Crippen LogP contribution in [0.2, 0.25) is 0 Å². The van der Waals surface area contributed by atoms with Gasteiger partial charge in [-0.1, -0.05) is 72.8 Å². The van der Waals surface area contributed by atoms with Crippen LogP contribution in [-0.4, -0.2) is 15.0 Å². The van der Waals surface area contributed by atoms with Crippen LogP contribution in [0.3, 0.4) is 0 Å². The molecule has 0 unspecified atom stereocenters. The number of hydrogen-bond donors (Lipinski definition) is 0. The first kappa shape index (κ1) is 20.5. The maximum Gasteiger partial charge on any atom is 0.0972 e. The first-order valence-corrected chi connectivity index (χ1v) is 13.1. The molecule has 8 rings (SSSR count). The van der Waals surface area contributed by atoms with Gasteiger partial charge in [-0.05, 0) is 47.5 Å². The summed E-state index contributed by atoms with van der Waals surface area (Å²) in [4.78, 5) is 14.6. The minimum absolute atomic E-state index is 0.939. The molecule has 0 aliphatic heterocycles. The minimum atomic E-state index is 0.939. The van der Waals surface area contributed by atoms with Gasteiger partial charge in [0, 0.05) is 38.0 Å². The van der Waals surface area contributed by atoms with Gasteiger partial charge in [-0.25, -0.2) is 9.97 Å². The van der Waals surface area contributed by atoms with Crippen molar-refractivity contribution < 1.29 is 0 Å². The van der Waals surface area contributed by atoms with Crippen molar-refractivity contribution in [2.75, 3.05) is 0 Å². The van der Waals surface area contributed by atoms with Crippen LogP contribution in [0.5, 0.6) is 0 Å².